The van der Waals surface area contributed by atoms with Gasteiger partial charge in [-0.15, -0.1) is 0 Å². The summed E-state index contributed by atoms with van der Waals surface area (Å²) < 4.78 is 0. The van der Waals surface area contributed by atoms with Crippen molar-refractivity contribution in [2.24, 2.45) is 0 Å². The van der Waals surface area contributed by atoms with Gasteiger partial charge in [0.1, 0.15) is 0 Å². The third-order valence-electron chi connectivity index (χ3n) is 0. The summed E-state index contributed by atoms with van der Waals surface area (Å²) in [5.41, 5.74) is 0. The van der Waals surface area contributed by atoms with E-state index in [2.05, 4.69) is 0 Å². The Hall–Kier alpha value is 3.06. The summed E-state index contributed by atoms with van der Waals surface area (Å²) in [6.45, 7) is 0. The van der Waals surface area contributed by atoms with Crippen LogP contribution >= 0.6 is 0 Å². The van der Waals surface area contributed by atoms with Crippen molar-refractivity contribution >= 4 is 31.5 Å². The van der Waals surface area contributed by atoms with Crippen molar-refractivity contribution in [3.8, 4) is 0 Å². The summed E-state index contributed by atoms with van der Waals surface area (Å²) in [6, 6.07) is 0. The Morgan fingerprint density at radius 1 is 1.25 bits per heavy atom. The third kappa shape index (κ3) is 8.91. The fraction of sp³-hybridized carbons (Fsp3) is 0. The number of rotatable bonds is 0. The van der Waals surface area contributed by atoms with Crippen molar-refractivity contribution in [3.63, 3.8) is 0 Å². The average Bonchev–Trinajstić information content (AvgIpc) is 0. The summed E-state index contributed by atoms with van der Waals surface area (Å²) in [5, 5.41) is 0. The smallest absolute Gasteiger partial charge is 1.00 e. The maximum absolute atomic E-state index is 0. The van der Waals surface area contributed by atoms with Gasteiger partial charge in [-0.2, -0.15) is 0 Å². The maximum atomic E-state index is 0. The van der Waals surface area contributed by atoms with E-state index in [-0.39, 0.29) is 107 Å². The van der Waals surface area contributed by atoms with Crippen LogP contribution < -0.4 is 70.2 Å². The normalized spacial score (nSPS) is 0. The van der Waals surface area contributed by atoms with E-state index in [1.54, 1.807) is 0 Å². The second kappa shape index (κ2) is 16.6. The molecule has 4 heavy (non-hydrogen) atoms. The van der Waals surface area contributed by atoms with Gasteiger partial charge in [-0.1, -0.05) is 0 Å². The molecule has 0 aliphatic rings. The van der Waals surface area contributed by atoms with Crippen molar-refractivity contribution < 1.29 is 76.0 Å². The van der Waals surface area contributed by atoms with Crippen molar-refractivity contribution in [3.05, 3.63) is 0 Å². The van der Waals surface area contributed by atoms with Gasteiger partial charge in [-0.25, -0.2) is 0 Å². The predicted molar refractivity (Wildman–Crippen MR) is 16.0 cm³/mol. The van der Waals surface area contributed by atoms with Crippen molar-refractivity contribution in [1.29, 1.82) is 0 Å². The molecule has 0 saturated heterocycles. The van der Waals surface area contributed by atoms with E-state index in [0.717, 1.165) is 0 Å². The van der Waals surface area contributed by atoms with Gasteiger partial charge in [0.2, 0.25) is 0 Å². The van der Waals surface area contributed by atoms with Gasteiger partial charge in [0.05, 0.1) is 0 Å². The summed E-state index contributed by atoms with van der Waals surface area (Å²) in [6.07, 6.45) is 0. The molecule has 0 atom stereocenters. The van der Waals surface area contributed by atoms with Gasteiger partial charge in [-0.3, -0.25) is 0 Å². The SMILES string of the molecule is [B].[H-].[H-].[H-].[H-].[K+].[Li+].[Mg+2]. The molecular formula is H4BKLiMg. The minimum Gasteiger partial charge on any atom is -1.00 e. The van der Waals surface area contributed by atoms with E-state index >= 15 is 0 Å². The van der Waals surface area contributed by atoms with E-state index < -0.39 is 0 Å². The Morgan fingerprint density at radius 2 is 1.25 bits per heavy atom. The molecule has 0 aromatic carbocycles. The molecule has 0 aromatic rings. The van der Waals surface area contributed by atoms with Gasteiger partial charge < -0.3 is 5.71 Å². The molecule has 0 aliphatic heterocycles. The van der Waals surface area contributed by atoms with Crippen molar-refractivity contribution in [2.45, 2.75) is 0 Å². The molecule has 0 nitrogen and oxygen atoms in total. The zero-order valence-corrected chi connectivity index (χ0v) is 7.82. The summed E-state index contributed by atoms with van der Waals surface area (Å²) in [5.74, 6) is 0. The molecule has 0 aromatic heterocycles. The number of hydrogen-bond donors (Lipinski definition) is 0. The first-order valence-electron chi connectivity index (χ1n) is 0. The second-order valence-electron chi connectivity index (χ2n) is 0. The molecule has 3 radical (unpaired) electrons. The van der Waals surface area contributed by atoms with Crippen LogP contribution in [-0.2, 0) is 0 Å². The molecule has 0 unspecified atom stereocenters. The average molecular weight is 85.2 g/mol. The van der Waals surface area contributed by atoms with E-state index in [9.17, 15) is 0 Å². The first kappa shape index (κ1) is 27.7. The summed E-state index contributed by atoms with van der Waals surface area (Å²) >= 11 is 0. The van der Waals surface area contributed by atoms with Crippen LogP contribution in [0.1, 0.15) is 5.71 Å². The van der Waals surface area contributed by atoms with Crippen LogP contribution in [0.2, 0.25) is 0 Å². The fourth-order valence-corrected chi connectivity index (χ4v) is 0. The van der Waals surface area contributed by atoms with Crippen LogP contribution in [0.5, 0.6) is 0 Å². The molecule has 0 bridgehead atoms. The quantitative estimate of drug-likeness (QED) is 0.257. The molecule has 0 rings (SSSR count). The predicted octanol–water partition coefficient (Wildman–Crippen LogP) is -6.30. The molecule has 0 fully saturated rings. The van der Waals surface area contributed by atoms with Gasteiger partial charge in [0, 0.05) is 8.41 Å². The van der Waals surface area contributed by atoms with Gasteiger partial charge in [0.25, 0.3) is 0 Å². The monoisotopic (exact) mass is 85.0 g/mol. The van der Waals surface area contributed by atoms with Crippen LogP contribution in [0.25, 0.3) is 0 Å². The minimum absolute atomic E-state index is 0. The molecule has 0 amide bonds. The van der Waals surface area contributed by atoms with E-state index in [0.29, 0.717) is 0 Å². The molecule has 0 spiro atoms. The minimum atomic E-state index is 0. The Bertz CT molecular complexity index is 16.0. The molecule has 0 N–H and O–H groups in total. The zero-order chi connectivity index (χ0) is 0. The Kier molecular flexibility index (Phi) is 115. The first-order valence-corrected chi connectivity index (χ1v) is 0. The fourth-order valence-electron chi connectivity index (χ4n) is 0. The topological polar surface area (TPSA) is 0 Å². The molecule has 0 aliphatic carbocycles. The number of hydrogen-bond acceptors (Lipinski definition) is 0. The molecule has 4 heteroatoms. The van der Waals surface area contributed by atoms with Crippen LogP contribution in [0, 0.1) is 0 Å². The van der Waals surface area contributed by atoms with Crippen molar-refractivity contribution in [2.75, 3.05) is 0 Å². The maximum Gasteiger partial charge on any atom is 2.00 e. The summed E-state index contributed by atoms with van der Waals surface area (Å²) in [7, 11) is 0. The van der Waals surface area contributed by atoms with Gasteiger partial charge in [0.15, 0.2) is 0 Å². The first-order chi connectivity index (χ1) is 0. The standard InChI is InChI=1S/B.K.Li.Mg.4H/q;2*+1;+2;4*-1. The van der Waals surface area contributed by atoms with Crippen molar-refractivity contribution in [1.82, 2.24) is 0 Å². The Balaban J connectivity index is 0. The van der Waals surface area contributed by atoms with Crippen LogP contribution in [0.15, 0.2) is 0 Å². The molecular weight excluding hydrogens is 81.2 g/mol. The molecule has 11 valence electrons. The second-order valence-corrected chi connectivity index (χ2v) is 0. The van der Waals surface area contributed by atoms with E-state index in [1.165, 1.54) is 0 Å². The summed E-state index contributed by atoms with van der Waals surface area (Å²) in [4.78, 5) is 0. The molecule has 0 heterocycles. The Morgan fingerprint density at radius 3 is 1.25 bits per heavy atom. The van der Waals surface area contributed by atoms with E-state index in [4.69, 9.17) is 0 Å². The van der Waals surface area contributed by atoms with Gasteiger partial charge in [-0.05, 0) is 0 Å². The largest absolute Gasteiger partial charge is 2.00 e. The van der Waals surface area contributed by atoms with E-state index in [1.807, 2.05) is 0 Å². The van der Waals surface area contributed by atoms with Crippen LogP contribution in [-0.4, -0.2) is 31.5 Å². The van der Waals surface area contributed by atoms with Gasteiger partial charge >= 0.3 is 93.3 Å². The van der Waals surface area contributed by atoms with Crippen LogP contribution in [0.3, 0.4) is 0 Å². The zero-order valence-electron chi connectivity index (χ0n) is 7.28. The third-order valence-corrected chi connectivity index (χ3v) is 0. The molecule has 0 saturated carbocycles. The Labute approximate surface area is 105 Å². The van der Waals surface area contributed by atoms with Crippen LogP contribution in [0.4, 0.5) is 0 Å².